The molecule has 0 fully saturated rings. The highest BCUT2D eigenvalue weighted by Gasteiger charge is 2.32. The molecule has 1 atom stereocenters. The lowest BCUT2D eigenvalue weighted by atomic mass is 9.87. The molecule has 0 aliphatic rings. The van der Waals surface area contributed by atoms with E-state index in [1.807, 2.05) is 0 Å². The standard InChI is InChI=1S/C16H26N2O5S/c1-4-5-6-13(21)24-10-9-17-12(20)7-8-18-15(23)14(22)16(2,3)11-19/h14,19,22H,6-11H2,1-3H3,(H,17,20)(H,18,23)/t14-/m0/s1. The number of carbonyl (C=O) groups excluding carboxylic acids is 3. The second kappa shape index (κ2) is 11.9. The third kappa shape index (κ3) is 9.55. The molecule has 0 spiro atoms. The summed E-state index contributed by atoms with van der Waals surface area (Å²) >= 11 is 1.11. The van der Waals surface area contributed by atoms with E-state index < -0.39 is 17.4 Å². The van der Waals surface area contributed by atoms with Crippen LogP contribution in [0.4, 0.5) is 0 Å². The van der Waals surface area contributed by atoms with Gasteiger partial charge in [-0.3, -0.25) is 14.4 Å². The van der Waals surface area contributed by atoms with Gasteiger partial charge in [0.15, 0.2) is 0 Å². The Morgan fingerprint density at radius 2 is 1.88 bits per heavy atom. The Bertz CT molecular complexity index is 496. The molecule has 7 nitrogen and oxygen atoms in total. The Hall–Kier alpha value is -1.56. The van der Waals surface area contributed by atoms with Crippen LogP contribution in [0.1, 0.15) is 33.6 Å². The molecule has 4 N–H and O–H groups in total. The molecule has 0 saturated carbocycles. The van der Waals surface area contributed by atoms with Crippen LogP contribution in [0.5, 0.6) is 0 Å². The summed E-state index contributed by atoms with van der Waals surface area (Å²) in [7, 11) is 0. The predicted octanol–water partition coefficient (Wildman–Crippen LogP) is -0.338. The van der Waals surface area contributed by atoms with Crippen LogP contribution in [0.2, 0.25) is 0 Å². The van der Waals surface area contributed by atoms with E-state index in [0.717, 1.165) is 11.8 Å². The summed E-state index contributed by atoms with van der Waals surface area (Å²) in [6.07, 6.45) is -1.08. The van der Waals surface area contributed by atoms with Crippen molar-refractivity contribution < 1.29 is 24.6 Å². The summed E-state index contributed by atoms with van der Waals surface area (Å²) in [6.45, 7) is 4.90. The van der Waals surface area contributed by atoms with Crippen LogP contribution in [0.15, 0.2) is 0 Å². The number of thioether (sulfide) groups is 1. The lowest BCUT2D eigenvalue weighted by Gasteiger charge is -2.27. The summed E-state index contributed by atoms with van der Waals surface area (Å²) in [5.41, 5.74) is -0.946. The van der Waals surface area contributed by atoms with Gasteiger partial charge < -0.3 is 20.8 Å². The van der Waals surface area contributed by atoms with E-state index >= 15 is 0 Å². The van der Waals surface area contributed by atoms with Gasteiger partial charge in [-0.2, -0.15) is 0 Å². The smallest absolute Gasteiger partial charge is 0.249 e. The van der Waals surface area contributed by atoms with E-state index in [4.69, 9.17) is 5.11 Å². The van der Waals surface area contributed by atoms with E-state index in [1.54, 1.807) is 20.8 Å². The number of hydrogen-bond acceptors (Lipinski definition) is 6. The third-order valence-electron chi connectivity index (χ3n) is 3.14. The highest BCUT2D eigenvalue weighted by molar-refractivity contribution is 8.13. The molecule has 24 heavy (non-hydrogen) atoms. The summed E-state index contributed by atoms with van der Waals surface area (Å²) in [5, 5.41) is 23.9. The molecule has 136 valence electrons. The molecule has 0 rings (SSSR count). The van der Waals surface area contributed by atoms with Crippen molar-refractivity contribution in [2.24, 2.45) is 5.41 Å². The average Bonchev–Trinajstić information content (AvgIpc) is 2.55. The Morgan fingerprint density at radius 3 is 2.46 bits per heavy atom. The predicted molar refractivity (Wildman–Crippen MR) is 93.0 cm³/mol. The largest absolute Gasteiger partial charge is 0.396 e. The molecule has 0 aliphatic carbocycles. The quantitative estimate of drug-likeness (QED) is 0.314. The van der Waals surface area contributed by atoms with Crippen LogP contribution in [-0.4, -0.2) is 58.7 Å². The van der Waals surface area contributed by atoms with Gasteiger partial charge in [0.2, 0.25) is 16.9 Å². The fourth-order valence-electron chi connectivity index (χ4n) is 1.49. The number of nitrogens with one attached hydrogen (secondary N) is 2. The summed E-state index contributed by atoms with van der Waals surface area (Å²) in [6, 6.07) is 0. The van der Waals surface area contributed by atoms with Crippen molar-refractivity contribution >= 4 is 28.7 Å². The Kier molecular flexibility index (Phi) is 11.1. The topological polar surface area (TPSA) is 116 Å². The van der Waals surface area contributed by atoms with Gasteiger partial charge in [0, 0.05) is 30.7 Å². The van der Waals surface area contributed by atoms with Crippen LogP contribution in [0.25, 0.3) is 0 Å². The normalized spacial score (nSPS) is 11.9. The van der Waals surface area contributed by atoms with Crippen molar-refractivity contribution in [1.29, 1.82) is 0 Å². The van der Waals surface area contributed by atoms with Crippen LogP contribution >= 0.6 is 11.8 Å². The molecular formula is C16H26N2O5S. The average molecular weight is 358 g/mol. The maximum Gasteiger partial charge on any atom is 0.249 e. The van der Waals surface area contributed by atoms with Gasteiger partial charge in [-0.25, -0.2) is 0 Å². The monoisotopic (exact) mass is 358 g/mol. The van der Waals surface area contributed by atoms with Crippen molar-refractivity contribution in [1.82, 2.24) is 10.6 Å². The molecule has 0 bridgehead atoms. The molecule has 0 aromatic rings. The maximum atomic E-state index is 11.7. The van der Waals surface area contributed by atoms with Crippen molar-refractivity contribution in [2.75, 3.05) is 25.4 Å². The van der Waals surface area contributed by atoms with Crippen molar-refractivity contribution in [3.63, 3.8) is 0 Å². The summed E-state index contributed by atoms with van der Waals surface area (Å²) < 4.78 is 0. The molecule has 0 aromatic carbocycles. The van der Waals surface area contributed by atoms with Gasteiger partial charge in [0.1, 0.15) is 6.10 Å². The first-order valence-corrected chi connectivity index (χ1v) is 8.61. The number of amides is 2. The molecular weight excluding hydrogens is 332 g/mol. The minimum absolute atomic E-state index is 0.0358. The number of rotatable bonds is 10. The van der Waals surface area contributed by atoms with E-state index in [-0.39, 0.29) is 37.0 Å². The lowest BCUT2D eigenvalue weighted by Crippen LogP contribution is -2.46. The van der Waals surface area contributed by atoms with Gasteiger partial charge in [0.25, 0.3) is 0 Å². The second-order valence-electron chi connectivity index (χ2n) is 5.76. The second-order valence-corrected chi connectivity index (χ2v) is 6.92. The molecule has 8 heteroatoms. The van der Waals surface area contributed by atoms with Crippen molar-refractivity contribution in [3.05, 3.63) is 0 Å². The minimum Gasteiger partial charge on any atom is -0.396 e. The highest BCUT2D eigenvalue weighted by Crippen LogP contribution is 2.19. The van der Waals surface area contributed by atoms with Gasteiger partial charge in [-0.15, -0.1) is 5.92 Å². The van der Waals surface area contributed by atoms with E-state index in [9.17, 15) is 19.5 Å². The number of carbonyl (C=O) groups is 3. The third-order valence-corrected chi connectivity index (χ3v) is 4.02. The zero-order valence-corrected chi connectivity index (χ0v) is 15.2. The zero-order valence-electron chi connectivity index (χ0n) is 14.3. The maximum absolute atomic E-state index is 11.7. The Morgan fingerprint density at radius 1 is 1.21 bits per heavy atom. The van der Waals surface area contributed by atoms with Crippen molar-refractivity contribution in [2.45, 2.75) is 39.7 Å². The first-order chi connectivity index (χ1) is 11.2. The van der Waals surface area contributed by atoms with Crippen LogP contribution in [0, 0.1) is 17.3 Å². The number of hydrogen-bond donors (Lipinski definition) is 4. The van der Waals surface area contributed by atoms with E-state index in [0.29, 0.717) is 12.3 Å². The zero-order chi connectivity index (χ0) is 18.6. The van der Waals surface area contributed by atoms with Crippen LogP contribution in [0.3, 0.4) is 0 Å². The SMILES string of the molecule is CC#CCC(=O)SCCNC(=O)CCNC(=O)[C@H](O)C(C)(C)CO. The van der Waals surface area contributed by atoms with Crippen LogP contribution in [-0.2, 0) is 14.4 Å². The van der Waals surface area contributed by atoms with Gasteiger partial charge in [-0.05, 0) is 6.92 Å². The fraction of sp³-hybridized carbons (Fsp3) is 0.688. The Balaban J connectivity index is 3.85. The minimum atomic E-state index is -1.35. The molecule has 0 unspecified atom stereocenters. The number of aliphatic hydroxyl groups is 2. The molecule has 0 aliphatic heterocycles. The van der Waals surface area contributed by atoms with E-state index in [1.165, 1.54) is 0 Å². The number of aliphatic hydroxyl groups excluding tert-OH is 2. The lowest BCUT2D eigenvalue weighted by molar-refractivity contribution is -0.137. The Labute approximate surface area is 147 Å². The molecule has 0 heterocycles. The van der Waals surface area contributed by atoms with Crippen LogP contribution < -0.4 is 10.6 Å². The molecule has 0 aromatic heterocycles. The molecule has 0 radical (unpaired) electrons. The molecule has 0 saturated heterocycles. The first kappa shape index (κ1) is 22.4. The van der Waals surface area contributed by atoms with Gasteiger partial charge >= 0.3 is 0 Å². The fourth-order valence-corrected chi connectivity index (χ4v) is 2.10. The summed E-state index contributed by atoms with van der Waals surface area (Å²) in [5.74, 6) is 4.90. The first-order valence-electron chi connectivity index (χ1n) is 7.63. The van der Waals surface area contributed by atoms with E-state index in [2.05, 4.69) is 22.5 Å². The van der Waals surface area contributed by atoms with Crippen molar-refractivity contribution in [3.8, 4) is 11.8 Å². The van der Waals surface area contributed by atoms with Gasteiger partial charge in [-0.1, -0.05) is 31.5 Å². The van der Waals surface area contributed by atoms with Gasteiger partial charge in [0.05, 0.1) is 13.0 Å². The molecule has 2 amide bonds. The highest BCUT2D eigenvalue weighted by atomic mass is 32.2. The summed E-state index contributed by atoms with van der Waals surface area (Å²) in [4.78, 5) is 34.6.